The molecule has 0 saturated heterocycles. The Morgan fingerprint density at radius 3 is 2.88 bits per heavy atom. The summed E-state index contributed by atoms with van der Waals surface area (Å²) in [7, 11) is 0. The van der Waals surface area contributed by atoms with E-state index in [0.717, 1.165) is 6.07 Å². The second kappa shape index (κ2) is 6.96. The topological polar surface area (TPSA) is 86.8 Å². The fourth-order valence-corrected chi connectivity index (χ4v) is 3.18. The molecule has 0 aliphatic rings. The number of anilines is 1. The van der Waals surface area contributed by atoms with Crippen LogP contribution in [0.1, 0.15) is 11.1 Å². The lowest BCUT2D eigenvalue weighted by Crippen LogP contribution is -2.39. The zero-order valence-electron chi connectivity index (χ0n) is 12.9. The van der Waals surface area contributed by atoms with Gasteiger partial charge >= 0.3 is 0 Å². The number of hydrogen-bond donors (Lipinski definition) is 2. The number of nitriles is 1. The molecule has 0 spiro atoms. The molecular formula is C16H13F2N5OS. The molecule has 0 aliphatic heterocycles. The van der Waals surface area contributed by atoms with Gasteiger partial charge in [0, 0.05) is 11.6 Å². The third-order valence-electron chi connectivity index (χ3n) is 3.65. The second-order valence-corrected chi connectivity index (χ2v) is 6.29. The molecule has 2 N–H and O–H groups in total. The largest absolute Gasteiger partial charge is 0.381 e. The van der Waals surface area contributed by atoms with E-state index in [4.69, 9.17) is 5.26 Å². The summed E-state index contributed by atoms with van der Waals surface area (Å²) in [5.74, 6) is -1.60. The molecule has 0 saturated carbocycles. The number of hydrogen-bond acceptors (Lipinski definition) is 6. The Bertz CT molecular complexity index is 906. The lowest BCUT2D eigenvalue weighted by Gasteiger charge is -2.29. The van der Waals surface area contributed by atoms with Crippen molar-refractivity contribution < 1.29 is 13.9 Å². The van der Waals surface area contributed by atoms with Crippen LogP contribution in [0.2, 0.25) is 0 Å². The zero-order chi connectivity index (χ0) is 17.9. The van der Waals surface area contributed by atoms with Crippen LogP contribution in [-0.2, 0) is 12.1 Å². The van der Waals surface area contributed by atoms with Gasteiger partial charge in [-0.05, 0) is 17.5 Å². The van der Waals surface area contributed by atoms with Gasteiger partial charge in [0.25, 0.3) is 0 Å². The summed E-state index contributed by atoms with van der Waals surface area (Å²) in [4.78, 5) is 3.80. The maximum atomic E-state index is 14.3. The van der Waals surface area contributed by atoms with Gasteiger partial charge in [-0.3, -0.25) is 0 Å². The van der Waals surface area contributed by atoms with Crippen molar-refractivity contribution in [3.05, 3.63) is 65.1 Å². The Labute approximate surface area is 146 Å². The first-order valence-electron chi connectivity index (χ1n) is 7.23. The molecule has 1 atom stereocenters. The molecule has 2 heterocycles. The molecule has 0 amide bonds. The maximum absolute atomic E-state index is 14.3. The summed E-state index contributed by atoms with van der Waals surface area (Å²) in [6.07, 6.45) is 2.68. The fraction of sp³-hybridized carbons (Fsp3) is 0.188. The van der Waals surface area contributed by atoms with Gasteiger partial charge < -0.3 is 10.4 Å². The average Bonchev–Trinajstić information content (AvgIpc) is 3.23. The van der Waals surface area contributed by atoms with Crippen molar-refractivity contribution in [3.8, 4) is 6.07 Å². The Kier molecular flexibility index (Phi) is 4.74. The number of aliphatic hydroxyl groups is 1. The normalized spacial score (nSPS) is 13.2. The predicted octanol–water partition coefficient (Wildman–Crippen LogP) is 2.49. The first-order chi connectivity index (χ1) is 12.0. The van der Waals surface area contributed by atoms with E-state index in [1.54, 1.807) is 11.4 Å². The lowest BCUT2D eigenvalue weighted by molar-refractivity contribution is 0.0248. The van der Waals surface area contributed by atoms with Gasteiger partial charge in [-0.15, -0.1) is 11.3 Å². The molecule has 6 nitrogen and oxygen atoms in total. The van der Waals surface area contributed by atoms with Crippen LogP contribution < -0.4 is 5.32 Å². The van der Waals surface area contributed by atoms with Gasteiger partial charge in [0.1, 0.15) is 41.0 Å². The molecule has 9 heteroatoms. The number of thiophene rings is 1. The molecule has 128 valence electrons. The molecule has 0 bridgehead atoms. The number of nitrogens with one attached hydrogen (secondary N) is 1. The van der Waals surface area contributed by atoms with Crippen molar-refractivity contribution in [2.45, 2.75) is 12.1 Å². The molecule has 0 aliphatic carbocycles. The van der Waals surface area contributed by atoms with Crippen molar-refractivity contribution in [3.63, 3.8) is 0 Å². The average molecular weight is 361 g/mol. The van der Waals surface area contributed by atoms with Crippen LogP contribution in [0.5, 0.6) is 0 Å². The molecule has 3 rings (SSSR count). The summed E-state index contributed by atoms with van der Waals surface area (Å²) in [5, 5.41) is 29.3. The molecular weight excluding hydrogens is 348 g/mol. The van der Waals surface area contributed by atoms with Crippen LogP contribution in [-0.4, -0.2) is 26.4 Å². The number of halogens is 2. The minimum atomic E-state index is -1.73. The lowest BCUT2D eigenvalue weighted by atomic mass is 9.93. The van der Waals surface area contributed by atoms with Gasteiger partial charge in [-0.2, -0.15) is 10.4 Å². The van der Waals surface area contributed by atoms with E-state index in [2.05, 4.69) is 15.4 Å². The molecule has 1 aromatic carbocycles. The minimum absolute atomic E-state index is 0.0769. The highest BCUT2D eigenvalue weighted by atomic mass is 32.1. The molecule has 0 fully saturated rings. The molecule has 0 radical (unpaired) electrons. The van der Waals surface area contributed by atoms with Crippen molar-refractivity contribution in [2.75, 3.05) is 11.9 Å². The van der Waals surface area contributed by atoms with Crippen LogP contribution in [0.25, 0.3) is 0 Å². The second-order valence-electron chi connectivity index (χ2n) is 5.38. The van der Waals surface area contributed by atoms with Gasteiger partial charge in [0.05, 0.1) is 18.7 Å². The third-order valence-corrected chi connectivity index (χ3v) is 4.52. The van der Waals surface area contributed by atoms with E-state index in [9.17, 15) is 13.9 Å². The van der Waals surface area contributed by atoms with E-state index in [0.29, 0.717) is 16.6 Å². The number of rotatable bonds is 6. The van der Waals surface area contributed by atoms with Crippen molar-refractivity contribution in [1.82, 2.24) is 14.8 Å². The fourth-order valence-electron chi connectivity index (χ4n) is 2.45. The third kappa shape index (κ3) is 3.65. The van der Waals surface area contributed by atoms with Crippen LogP contribution >= 0.6 is 11.3 Å². The standard InChI is InChI=1S/C16H13F2N5OS/c17-12-1-2-13(14(18)5-12)16(24,8-23-10-20-9-22-23)7-21-15-11(6-19)3-4-25-15/h1-5,9-10,21,24H,7-8H2. The van der Waals surface area contributed by atoms with Crippen LogP contribution in [0, 0.1) is 23.0 Å². The first kappa shape index (κ1) is 17.0. The molecule has 25 heavy (non-hydrogen) atoms. The monoisotopic (exact) mass is 361 g/mol. The Morgan fingerprint density at radius 1 is 1.36 bits per heavy atom. The Morgan fingerprint density at radius 2 is 2.20 bits per heavy atom. The van der Waals surface area contributed by atoms with Crippen molar-refractivity contribution in [2.24, 2.45) is 0 Å². The van der Waals surface area contributed by atoms with Gasteiger partial charge in [-0.25, -0.2) is 18.4 Å². The van der Waals surface area contributed by atoms with E-state index in [-0.39, 0.29) is 18.7 Å². The van der Waals surface area contributed by atoms with Crippen LogP contribution in [0.15, 0.2) is 42.3 Å². The first-order valence-corrected chi connectivity index (χ1v) is 8.11. The Hall–Kier alpha value is -2.83. The highest BCUT2D eigenvalue weighted by molar-refractivity contribution is 7.14. The van der Waals surface area contributed by atoms with E-state index < -0.39 is 17.2 Å². The highest BCUT2D eigenvalue weighted by Crippen LogP contribution is 2.29. The van der Waals surface area contributed by atoms with Gasteiger partial charge in [-0.1, -0.05) is 6.07 Å². The summed E-state index contributed by atoms with van der Waals surface area (Å²) >= 11 is 1.29. The molecule has 2 aromatic heterocycles. The summed E-state index contributed by atoms with van der Waals surface area (Å²) in [5.41, 5.74) is -1.39. The van der Waals surface area contributed by atoms with Gasteiger partial charge in [0.15, 0.2) is 0 Å². The smallest absolute Gasteiger partial charge is 0.137 e. The van der Waals surface area contributed by atoms with E-state index in [1.807, 2.05) is 6.07 Å². The maximum Gasteiger partial charge on any atom is 0.137 e. The number of nitrogens with zero attached hydrogens (tertiary/aromatic N) is 4. The minimum Gasteiger partial charge on any atom is -0.381 e. The van der Waals surface area contributed by atoms with E-state index >= 15 is 0 Å². The SMILES string of the molecule is N#Cc1ccsc1NCC(O)(Cn1cncn1)c1ccc(F)cc1F. The molecule has 1 unspecified atom stereocenters. The van der Waals surface area contributed by atoms with Crippen molar-refractivity contribution in [1.29, 1.82) is 5.26 Å². The highest BCUT2D eigenvalue weighted by Gasteiger charge is 2.33. The summed E-state index contributed by atoms with van der Waals surface area (Å²) in [6.45, 7) is -0.208. The Balaban J connectivity index is 1.92. The van der Waals surface area contributed by atoms with Gasteiger partial charge in [0.2, 0.25) is 0 Å². The summed E-state index contributed by atoms with van der Waals surface area (Å²) in [6, 6.07) is 6.66. The predicted molar refractivity (Wildman–Crippen MR) is 87.8 cm³/mol. The summed E-state index contributed by atoms with van der Waals surface area (Å²) < 4.78 is 28.8. The molecule has 3 aromatic rings. The van der Waals surface area contributed by atoms with Crippen LogP contribution in [0.3, 0.4) is 0 Å². The van der Waals surface area contributed by atoms with Crippen LogP contribution in [0.4, 0.5) is 13.8 Å². The number of aromatic nitrogens is 3. The number of benzene rings is 1. The van der Waals surface area contributed by atoms with Crippen molar-refractivity contribution >= 4 is 16.3 Å². The zero-order valence-corrected chi connectivity index (χ0v) is 13.7. The van der Waals surface area contributed by atoms with E-state index in [1.165, 1.54) is 34.7 Å². The quantitative estimate of drug-likeness (QED) is 0.704.